The summed E-state index contributed by atoms with van der Waals surface area (Å²) in [5.74, 6) is 0. The molecule has 1 saturated carbocycles. The van der Waals surface area contributed by atoms with Gasteiger partial charge < -0.3 is 10.2 Å². The Morgan fingerprint density at radius 3 is 2.65 bits per heavy atom. The van der Waals surface area contributed by atoms with Crippen LogP contribution in [0.4, 0.5) is 5.69 Å². The average Bonchev–Trinajstić information content (AvgIpc) is 3.30. The van der Waals surface area contributed by atoms with Crippen molar-refractivity contribution >= 4 is 5.69 Å². The van der Waals surface area contributed by atoms with E-state index in [1.54, 1.807) is 0 Å². The molecule has 4 heteroatoms. The molecule has 1 aliphatic heterocycles. The van der Waals surface area contributed by atoms with Gasteiger partial charge in [-0.25, -0.2) is 0 Å². The van der Waals surface area contributed by atoms with Crippen molar-refractivity contribution in [1.29, 1.82) is 0 Å². The quantitative estimate of drug-likeness (QED) is 0.888. The number of rotatable bonds is 5. The van der Waals surface area contributed by atoms with Gasteiger partial charge in [-0.1, -0.05) is 0 Å². The zero-order valence-corrected chi connectivity index (χ0v) is 12.7. The van der Waals surface area contributed by atoms with Gasteiger partial charge in [0.1, 0.15) is 0 Å². The van der Waals surface area contributed by atoms with Gasteiger partial charge in [0, 0.05) is 68.5 Å². The highest BCUT2D eigenvalue weighted by Gasteiger charge is 2.23. The number of nitrogens with one attached hydrogen (secondary N) is 1. The van der Waals surface area contributed by atoms with E-state index in [1.807, 2.05) is 12.4 Å². The first-order chi connectivity index (χ1) is 9.74. The topological polar surface area (TPSA) is 31.4 Å². The van der Waals surface area contributed by atoms with Crippen LogP contribution in [0.15, 0.2) is 18.5 Å². The van der Waals surface area contributed by atoms with Gasteiger partial charge in [0.25, 0.3) is 0 Å². The molecule has 1 N–H and O–H groups in total. The van der Waals surface area contributed by atoms with Crippen molar-refractivity contribution in [2.75, 3.05) is 31.1 Å². The normalized spacial score (nSPS) is 20.6. The highest BCUT2D eigenvalue weighted by Crippen LogP contribution is 2.24. The Morgan fingerprint density at radius 1 is 1.25 bits per heavy atom. The first-order valence-corrected chi connectivity index (χ1v) is 7.89. The van der Waals surface area contributed by atoms with Crippen molar-refractivity contribution in [3.8, 4) is 0 Å². The minimum absolute atomic E-state index is 0.658. The molecule has 0 radical (unpaired) electrons. The van der Waals surface area contributed by atoms with Crippen LogP contribution in [0.1, 0.15) is 32.3 Å². The summed E-state index contributed by atoms with van der Waals surface area (Å²) in [6.45, 7) is 10.1. The first-order valence-electron chi connectivity index (χ1n) is 7.89. The van der Waals surface area contributed by atoms with Gasteiger partial charge in [0.2, 0.25) is 0 Å². The van der Waals surface area contributed by atoms with Crippen LogP contribution in [-0.2, 0) is 6.54 Å². The molecule has 4 nitrogen and oxygen atoms in total. The third kappa shape index (κ3) is 3.30. The summed E-state index contributed by atoms with van der Waals surface area (Å²) in [6, 6.07) is 3.58. The fraction of sp³-hybridized carbons (Fsp3) is 0.688. The maximum atomic E-state index is 4.30. The predicted octanol–water partition coefficient (Wildman–Crippen LogP) is 1.86. The summed E-state index contributed by atoms with van der Waals surface area (Å²) >= 11 is 0. The molecule has 0 aromatic carbocycles. The second kappa shape index (κ2) is 6.10. The summed E-state index contributed by atoms with van der Waals surface area (Å²) in [6.07, 6.45) is 6.62. The van der Waals surface area contributed by atoms with E-state index in [0.29, 0.717) is 6.04 Å². The predicted molar refractivity (Wildman–Crippen MR) is 83.0 cm³/mol. The van der Waals surface area contributed by atoms with Crippen LogP contribution >= 0.6 is 0 Å². The van der Waals surface area contributed by atoms with Gasteiger partial charge in [-0.05, 0) is 32.8 Å². The Hall–Kier alpha value is -1.13. The highest BCUT2D eigenvalue weighted by molar-refractivity contribution is 5.52. The number of nitrogens with zero attached hydrogens (tertiary/aromatic N) is 3. The monoisotopic (exact) mass is 274 g/mol. The minimum Gasteiger partial charge on any atom is -0.369 e. The molecular formula is C16H26N4. The van der Waals surface area contributed by atoms with E-state index in [0.717, 1.165) is 38.8 Å². The molecule has 0 unspecified atom stereocenters. The molecule has 1 aliphatic carbocycles. The number of aromatic nitrogens is 1. The Bertz CT molecular complexity index is 434. The van der Waals surface area contributed by atoms with Crippen molar-refractivity contribution in [1.82, 2.24) is 15.2 Å². The molecule has 0 amide bonds. The molecular weight excluding hydrogens is 248 g/mol. The van der Waals surface area contributed by atoms with Crippen LogP contribution in [0.25, 0.3) is 0 Å². The molecule has 110 valence electrons. The molecule has 2 heterocycles. The van der Waals surface area contributed by atoms with Crippen molar-refractivity contribution in [3.05, 3.63) is 24.0 Å². The summed E-state index contributed by atoms with van der Waals surface area (Å²) < 4.78 is 0. The van der Waals surface area contributed by atoms with Crippen LogP contribution in [0.5, 0.6) is 0 Å². The zero-order chi connectivity index (χ0) is 13.9. The van der Waals surface area contributed by atoms with Crippen molar-refractivity contribution < 1.29 is 0 Å². The number of hydrogen-bond acceptors (Lipinski definition) is 4. The van der Waals surface area contributed by atoms with Crippen molar-refractivity contribution in [2.24, 2.45) is 0 Å². The average molecular weight is 274 g/mol. The van der Waals surface area contributed by atoms with E-state index >= 15 is 0 Å². The largest absolute Gasteiger partial charge is 0.369 e. The maximum absolute atomic E-state index is 4.30. The van der Waals surface area contributed by atoms with Gasteiger partial charge >= 0.3 is 0 Å². The molecule has 3 rings (SSSR count). The van der Waals surface area contributed by atoms with E-state index in [4.69, 9.17) is 0 Å². The lowest BCUT2D eigenvalue weighted by Crippen LogP contribution is -2.49. The Morgan fingerprint density at radius 2 is 2.00 bits per heavy atom. The Labute approximate surface area is 122 Å². The summed E-state index contributed by atoms with van der Waals surface area (Å²) in [5.41, 5.74) is 2.72. The van der Waals surface area contributed by atoms with E-state index in [9.17, 15) is 0 Å². The van der Waals surface area contributed by atoms with Crippen LogP contribution in [0.3, 0.4) is 0 Å². The van der Waals surface area contributed by atoms with Gasteiger partial charge in [-0.2, -0.15) is 0 Å². The number of hydrogen-bond donors (Lipinski definition) is 1. The minimum atomic E-state index is 0.658. The molecule has 0 bridgehead atoms. The lowest BCUT2D eigenvalue weighted by Gasteiger charge is -2.38. The molecule has 2 aliphatic rings. The standard InChI is InChI=1S/C16H26N4/c1-13(2)19-7-9-20(10-8-19)16-5-6-17-11-14(16)12-18-15-3-4-15/h5-6,11,13,15,18H,3-4,7-10,12H2,1-2H3. The molecule has 1 saturated heterocycles. The van der Waals surface area contributed by atoms with E-state index < -0.39 is 0 Å². The lowest BCUT2D eigenvalue weighted by atomic mass is 10.1. The maximum Gasteiger partial charge on any atom is 0.0443 e. The van der Waals surface area contributed by atoms with Crippen LogP contribution in [0.2, 0.25) is 0 Å². The summed E-state index contributed by atoms with van der Waals surface area (Å²) in [5, 5.41) is 3.60. The van der Waals surface area contributed by atoms with Crippen molar-refractivity contribution in [3.63, 3.8) is 0 Å². The number of anilines is 1. The van der Waals surface area contributed by atoms with Crippen molar-refractivity contribution in [2.45, 2.75) is 45.3 Å². The molecule has 2 fully saturated rings. The van der Waals surface area contributed by atoms with E-state index in [-0.39, 0.29) is 0 Å². The van der Waals surface area contributed by atoms with Gasteiger partial charge in [-0.3, -0.25) is 9.88 Å². The fourth-order valence-corrected chi connectivity index (χ4v) is 2.89. The number of piperazine rings is 1. The Balaban J connectivity index is 1.64. The highest BCUT2D eigenvalue weighted by atomic mass is 15.3. The van der Waals surface area contributed by atoms with Gasteiger partial charge in [0.15, 0.2) is 0 Å². The molecule has 1 aromatic heterocycles. The molecule has 0 atom stereocenters. The van der Waals surface area contributed by atoms with Crippen LogP contribution in [-0.4, -0.2) is 48.1 Å². The van der Waals surface area contributed by atoms with Gasteiger partial charge in [-0.15, -0.1) is 0 Å². The van der Waals surface area contributed by atoms with Crippen LogP contribution < -0.4 is 10.2 Å². The molecule has 1 aromatic rings. The van der Waals surface area contributed by atoms with E-state index in [1.165, 1.54) is 24.1 Å². The smallest absolute Gasteiger partial charge is 0.0443 e. The number of pyridine rings is 1. The lowest BCUT2D eigenvalue weighted by molar-refractivity contribution is 0.209. The van der Waals surface area contributed by atoms with E-state index in [2.05, 4.69) is 40.0 Å². The molecule has 20 heavy (non-hydrogen) atoms. The second-order valence-corrected chi connectivity index (χ2v) is 6.28. The first kappa shape index (κ1) is 13.8. The third-order valence-electron chi connectivity index (χ3n) is 4.42. The summed E-state index contributed by atoms with van der Waals surface area (Å²) in [4.78, 5) is 9.38. The van der Waals surface area contributed by atoms with Gasteiger partial charge in [0.05, 0.1) is 0 Å². The fourth-order valence-electron chi connectivity index (χ4n) is 2.89. The second-order valence-electron chi connectivity index (χ2n) is 6.28. The molecule has 0 spiro atoms. The SMILES string of the molecule is CC(C)N1CCN(c2ccncc2CNC2CC2)CC1. The summed E-state index contributed by atoms with van der Waals surface area (Å²) in [7, 11) is 0. The van der Waals surface area contributed by atoms with Crippen LogP contribution in [0, 0.1) is 0 Å². The third-order valence-corrected chi connectivity index (χ3v) is 4.42. The Kier molecular flexibility index (Phi) is 4.22. The zero-order valence-electron chi connectivity index (χ0n) is 12.7.